The molecule has 0 spiro atoms. The molecule has 2 amide bonds. The third-order valence-corrected chi connectivity index (χ3v) is 6.68. The van der Waals surface area contributed by atoms with Gasteiger partial charge in [0, 0.05) is 38.3 Å². The molecular formula is C26H33N3O2. The van der Waals surface area contributed by atoms with E-state index in [1.165, 1.54) is 18.4 Å². The maximum atomic E-state index is 13.3. The van der Waals surface area contributed by atoms with Crippen LogP contribution >= 0.6 is 0 Å². The Bertz CT molecular complexity index is 885. The zero-order valence-corrected chi connectivity index (χ0v) is 18.4. The summed E-state index contributed by atoms with van der Waals surface area (Å²) < 4.78 is 0. The average molecular weight is 420 g/mol. The summed E-state index contributed by atoms with van der Waals surface area (Å²) in [4.78, 5) is 30.3. The summed E-state index contributed by atoms with van der Waals surface area (Å²) in [5.41, 5.74) is 3.08. The molecule has 1 saturated heterocycles. The van der Waals surface area contributed by atoms with Gasteiger partial charge in [0.15, 0.2) is 0 Å². The van der Waals surface area contributed by atoms with Gasteiger partial charge in [-0.05, 0) is 43.4 Å². The minimum absolute atomic E-state index is 0.0848. The molecule has 31 heavy (non-hydrogen) atoms. The van der Waals surface area contributed by atoms with E-state index in [1.807, 2.05) is 41.3 Å². The minimum atomic E-state index is -0.0960. The molecule has 1 aliphatic carbocycles. The van der Waals surface area contributed by atoms with Crippen molar-refractivity contribution in [3.05, 3.63) is 71.3 Å². The molecule has 1 atom stereocenters. The molecule has 2 fully saturated rings. The highest BCUT2D eigenvalue weighted by molar-refractivity contribution is 5.94. The fraction of sp³-hybridized carbons (Fsp3) is 0.462. The van der Waals surface area contributed by atoms with Crippen molar-refractivity contribution in [2.75, 3.05) is 26.2 Å². The topological polar surface area (TPSA) is 52.7 Å². The Morgan fingerprint density at radius 3 is 2.35 bits per heavy atom. The van der Waals surface area contributed by atoms with E-state index in [0.29, 0.717) is 25.6 Å². The third-order valence-electron chi connectivity index (χ3n) is 6.68. The largest absolute Gasteiger partial charge is 0.351 e. The van der Waals surface area contributed by atoms with Crippen LogP contribution in [0, 0.1) is 12.8 Å². The molecule has 0 bridgehead atoms. The predicted octanol–water partition coefficient (Wildman–Crippen LogP) is 3.63. The van der Waals surface area contributed by atoms with Crippen molar-refractivity contribution in [2.24, 2.45) is 5.92 Å². The van der Waals surface area contributed by atoms with Crippen molar-refractivity contribution in [1.82, 2.24) is 15.1 Å². The lowest BCUT2D eigenvalue weighted by molar-refractivity contribution is -0.129. The van der Waals surface area contributed by atoms with Crippen LogP contribution in [-0.2, 0) is 11.3 Å². The van der Waals surface area contributed by atoms with Gasteiger partial charge in [-0.15, -0.1) is 0 Å². The molecule has 164 valence electrons. The summed E-state index contributed by atoms with van der Waals surface area (Å²) in [5, 5.41) is 3.20. The smallest absolute Gasteiger partial charge is 0.253 e. The first-order valence-electron chi connectivity index (χ1n) is 11.5. The maximum Gasteiger partial charge on any atom is 0.253 e. The Morgan fingerprint density at radius 1 is 0.968 bits per heavy atom. The Morgan fingerprint density at radius 2 is 1.68 bits per heavy atom. The van der Waals surface area contributed by atoms with E-state index >= 15 is 0 Å². The second kappa shape index (κ2) is 10.1. The Labute approximate surface area is 185 Å². The summed E-state index contributed by atoms with van der Waals surface area (Å²) in [5.74, 6) is 0.631. The van der Waals surface area contributed by atoms with Gasteiger partial charge in [-0.2, -0.15) is 0 Å². The molecule has 5 nitrogen and oxygen atoms in total. The molecule has 2 aromatic carbocycles. The number of carbonyl (C=O) groups excluding carboxylic acids is 2. The minimum Gasteiger partial charge on any atom is -0.351 e. The van der Waals surface area contributed by atoms with Crippen molar-refractivity contribution in [3.8, 4) is 0 Å². The first kappa shape index (κ1) is 21.6. The molecule has 1 aliphatic heterocycles. The lowest BCUT2D eigenvalue weighted by Gasteiger charge is -2.40. The van der Waals surface area contributed by atoms with E-state index < -0.39 is 0 Å². The average Bonchev–Trinajstić information content (AvgIpc) is 3.33. The number of nitrogens with zero attached hydrogens (tertiary/aromatic N) is 2. The Hall–Kier alpha value is -2.66. The highest BCUT2D eigenvalue weighted by Crippen LogP contribution is 2.31. The van der Waals surface area contributed by atoms with Crippen LogP contribution in [0.5, 0.6) is 0 Å². The molecule has 0 unspecified atom stereocenters. The maximum absolute atomic E-state index is 13.3. The van der Waals surface area contributed by atoms with Crippen molar-refractivity contribution in [2.45, 2.75) is 45.2 Å². The molecular weight excluding hydrogens is 386 g/mol. The van der Waals surface area contributed by atoms with Crippen molar-refractivity contribution in [3.63, 3.8) is 0 Å². The fourth-order valence-electron chi connectivity index (χ4n) is 5.03. The lowest BCUT2D eigenvalue weighted by atomic mass is 9.94. The van der Waals surface area contributed by atoms with E-state index in [1.54, 1.807) is 0 Å². The first-order chi connectivity index (χ1) is 15.1. The molecule has 0 aromatic heterocycles. The molecule has 1 saturated carbocycles. The number of carbonyl (C=O) groups is 2. The van der Waals surface area contributed by atoms with Gasteiger partial charge in [-0.3, -0.25) is 14.5 Å². The van der Waals surface area contributed by atoms with Gasteiger partial charge in [0.2, 0.25) is 5.91 Å². The zero-order valence-electron chi connectivity index (χ0n) is 18.4. The van der Waals surface area contributed by atoms with Gasteiger partial charge in [0.25, 0.3) is 5.91 Å². The van der Waals surface area contributed by atoms with E-state index in [-0.39, 0.29) is 17.9 Å². The van der Waals surface area contributed by atoms with Crippen LogP contribution in [0.1, 0.15) is 47.2 Å². The van der Waals surface area contributed by atoms with Crippen LogP contribution in [0.3, 0.4) is 0 Å². The number of benzene rings is 2. The number of aryl methyl sites for hydroxylation is 1. The van der Waals surface area contributed by atoms with Gasteiger partial charge >= 0.3 is 0 Å². The van der Waals surface area contributed by atoms with Crippen LogP contribution in [0.15, 0.2) is 54.6 Å². The second-order valence-corrected chi connectivity index (χ2v) is 8.89. The van der Waals surface area contributed by atoms with Gasteiger partial charge in [-0.25, -0.2) is 0 Å². The van der Waals surface area contributed by atoms with Crippen LogP contribution < -0.4 is 5.32 Å². The summed E-state index contributed by atoms with van der Waals surface area (Å²) >= 11 is 0. The molecule has 2 aromatic rings. The number of hydrogen-bond acceptors (Lipinski definition) is 3. The standard InChI is InChI=1S/C26H33N3O2/c1-20-8-7-9-21(18-20)19-27-25(30)24(22-10-5-6-11-22)28-14-16-29(17-15-28)26(31)23-12-3-2-4-13-23/h2-4,7-9,12-13,18,22,24H,5-6,10-11,14-17,19H2,1H3,(H,27,30)/t24-/m1/s1. The molecule has 2 aliphatic rings. The highest BCUT2D eigenvalue weighted by Gasteiger charge is 2.37. The van der Waals surface area contributed by atoms with Gasteiger partial charge in [-0.1, -0.05) is 60.9 Å². The van der Waals surface area contributed by atoms with Crippen LogP contribution in [0.25, 0.3) is 0 Å². The Kier molecular flexibility index (Phi) is 7.03. The van der Waals surface area contributed by atoms with Crippen molar-refractivity contribution < 1.29 is 9.59 Å². The summed E-state index contributed by atoms with van der Waals surface area (Å²) in [7, 11) is 0. The van der Waals surface area contributed by atoms with Gasteiger partial charge in [0.1, 0.15) is 0 Å². The molecule has 1 N–H and O–H groups in total. The summed E-state index contributed by atoms with van der Waals surface area (Å²) in [6, 6.07) is 17.7. The molecule has 1 heterocycles. The number of nitrogens with one attached hydrogen (secondary N) is 1. The van der Waals surface area contributed by atoms with Crippen molar-refractivity contribution >= 4 is 11.8 Å². The number of rotatable bonds is 6. The summed E-state index contributed by atoms with van der Waals surface area (Å²) in [6.45, 7) is 5.47. The third kappa shape index (κ3) is 5.34. The quantitative estimate of drug-likeness (QED) is 0.778. The lowest BCUT2D eigenvalue weighted by Crippen LogP contribution is -2.57. The second-order valence-electron chi connectivity index (χ2n) is 8.89. The number of amides is 2. The van der Waals surface area contributed by atoms with Gasteiger partial charge < -0.3 is 10.2 Å². The predicted molar refractivity (Wildman–Crippen MR) is 123 cm³/mol. The van der Waals surface area contributed by atoms with Crippen LogP contribution in [-0.4, -0.2) is 53.8 Å². The van der Waals surface area contributed by atoms with E-state index in [9.17, 15) is 9.59 Å². The summed E-state index contributed by atoms with van der Waals surface area (Å²) in [6.07, 6.45) is 4.65. The SMILES string of the molecule is Cc1cccc(CNC(=O)[C@@H](C2CCCC2)N2CCN(C(=O)c3ccccc3)CC2)c1. The number of hydrogen-bond donors (Lipinski definition) is 1. The number of piperazine rings is 1. The fourth-order valence-corrected chi connectivity index (χ4v) is 5.03. The highest BCUT2D eigenvalue weighted by atomic mass is 16.2. The molecule has 0 radical (unpaired) electrons. The molecule has 5 heteroatoms. The van der Waals surface area contributed by atoms with Crippen molar-refractivity contribution in [1.29, 1.82) is 0 Å². The van der Waals surface area contributed by atoms with E-state index in [4.69, 9.17) is 0 Å². The molecule has 4 rings (SSSR count). The Balaban J connectivity index is 1.39. The normalized spacial score (nSPS) is 18.7. The zero-order chi connectivity index (χ0) is 21.6. The van der Waals surface area contributed by atoms with Crippen LogP contribution in [0.4, 0.5) is 0 Å². The van der Waals surface area contributed by atoms with Crippen LogP contribution in [0.2, 0.25) is 0 Å². The monoisotopic (exact) mass is 419 g/mol. The van der Waals surface area contributed by atoms with E-state index in [2.05, 4.69) is 35.3 Å². The van der Waals surface area contributed by atoms with E-state index in [0.717, 1.165) is 37.1 Å². The first-order valence-corrected chi connectivity index (χ1v) is 11.5. The van der Waals surface area contributed by atoms with Gasteiger partial charge in [0.05, 0.1) is 6.04 Å².